The molecule has 0 nitrogen and oxygen atoms in total. The molecule has 1 heteroatoms. The second kappa shape index (κ2) is 22.4. The first kappa shape index (κ1) is 17.6. The standard InChI is InChI=1S/C5H12.C5H11.Li/c2*1-3-5-4-2;/h3-5H2,1-2H3;1,3-5H2,2H3;/q;-1;+1. The molecule has 0 unspecified atom stereocenters. The summed E-state index contributed by atoms with van der Waals surface area (Å²) in [6, 6.07) is 0. The molecule has 0 aliphatic carbocycles. The molecule has 0 N–H and O–H groups in total. The topological polar surface area (TPSA) is 0 Å². The van der Waals surface area contributed by atoms with E-state index in [0.717, 1.165) is 6.42 Å². The third-order valence-electron chi connectivity index (χ3n) is 1.31. The summed E-state index contributed by atoms with van der Waals surface area (Å²) in [4.78, 5) is 0. The van der Waals surface area contributed by atoms with Gasteiger partial charge in [-0.05, 0) is 0 Å². The van der Waals surface area contributed by atoms with Gasteiger partial charge in [0, 0.05) is 0 Å². The second-order valence-electron chi connectivity index (χ2n) is 2.56. The summed E-state index contributed by atoms with van der Waals surface area (Å²) in [6.07, 6.45) is 7.73. The Kier molecular flexibility index (Phi) is 35.9. The van der Waals surface area contributed by atoms with Crippen LogP contribution in [0.5, 0.6) is 0 Å². The zero-order valence-electron chi connectivity index (χ0n) is 8.95. The molecule has 0 aromatic heterocycles. The molecule has 0 aliphatic heterocycles. The molecule has 0 radical (unpaired) electrons. The Morgan fingerprint density at radius 3 is 1.18 bits per heavy atom. The predicted octanol–water partition coefficient (Wildman–Crippen LogP) is 1.21. The van der Waals surface area contributed by atoms with Crippen LogP contribution in [0.2, 0.25) is 0 Å². The van der Waals surface area contributed by atoms with Crippen LogP contribution in [0, 0.1) is 6.92 Å². The van der Waals surface area contributed by atoms with Gasteiger partial charge in [-0.25, -0.2) is 0 Å². The maximum atomic E-state index is 3.68. The van der Waals surface area contributed by atoms with Crippen molar-refractivity contribution in [3.63, 3.8) is 0 Å². The van der Waals surface area contributed by atoms with Crippen LogP contribution in [0.25, 0.3) is 0 Å². The largest absolute Gasteiger partial charge is 1.00 e. The van der Waals surface area contributed by atoms with E-state index in [4.69, 9.17) is 0 Å². The van der Waals surface area contributed by atoms with Crippen molar-refractivity contribution in [2.45, 2.75) is 59.3 Å². The molecule has 0 bridgehead atoms. The van der Waals surface area contributed by atoms with Crippen LogP contribution in [-0.4, -0.2) is 0 Å². The molecule has 0 saturated heterocycles. The Labute approximate surface area is 85.3 Å². The van der Waals surface area contributed by atoms with Crippen LogP contribution in [0.4, 0.5) is 0 Å². The molecule has 0 fully saturated rings. The summed E-state index contributed by atoms with van der Waals surface area (Å²) < 4.78 is 0. The van der Waals surface area contributed by atoms with E-state index >= 15 is 0 Å². The molecular weight excluding hydrogens is 127 g/mol. The van der Waals surface area contributed by atoms with Crippen LogP contribution in [-0.2, 0) is 0 Å². The van der Waals surface area contributed by atoms with Gasteiger partial charge in [-0.3, -0.25) is 0 Å². The van der Waals surface area contributed by atoms with E-state index in [-0.39, 0.29) is 18.9 Å². The Balaban J connectivity index is -0.000000107. The molecule has 0 saturated carbocycles. The summed E-state index contributed by atoms with van der Waals surface area (Å²) >= 11 is 0. The van der Waals surface area contributed by atoms with E-state index in [0.29, 0.717) is 0 Å². The Morgan fingerprint density at radius 2 is 1.18 bits per heavy atom. The van der Waals surface area contributed by atoms with Gasteiger partial charge in [0.15, 0.2) is 0 Å². The average molecular weight is 150 g/mol. The van der Waals surface area contributed by atoms with Crippen molar-refractivity contribution in [3.05, 3.63) is 6.92 Å². The van der Waals surface area contributed by atoms with Crippen molar-refractivity contribution in [1.82, 2.24) is 0 Å². The quantitative estimate of drug-likeness (QED) is 0.417. The summed E-state index contributed by atoms with van der Waals surface area (Å²) in [6.45, 7) is 10.3. The van der Waals surface area contributed by atoms with E-state index in [1.54, 1.807) is 0 Å². The number of unbranched alkanes of at least 4 members (excludes halogenated alkanes) is 4. The van der Waals surface area contributed by atoms with Crippen molar-refractivity contribution >= 4 is 0 Å². The molecule has 64 valence electrons. The zero-order valence-corrected chi connectivity index (χ0v) is 8.95. The molecule has 0 aromatic carbocycles. The monoisotopic (exact) mass is 150 g/mol. The van der Waals surface area contributed by atoms with Gasteiger partial charge < -0.3 is 6.92 Å². The average Bonchev–Trinajstić information content (AvgIpc) is 1.93. The van der Waals surface area contributed by atoms with Crippen LogP contribution < -0.4 is 18.9 Å². The maximum absolute atomic E-state index is 3.68. The third kappa shape index (κ3) is 37.1. The molecule has 0 heterocycles. The van der Waals surface area contributed by atoms with Gasteiger partial charge in [-0.15, -0.1) is 0 Å². The Hall–Kier alpha value is 0.597. The van der Waals surface area contributed by atoms with Gasteiger partial charge in [-0.2, -0.15) is 6.42 Å². The SMILES string of the molecule is CCCCC.[CH2-]CCCC.[Li+]. The van der Waals surface area contributed by atoms with Gasteiger partial charge in [-0.1, -0.05) is 52.9 Å². The molecule has 0 atom stereocenters. The Morgan fingerprint density at radius 1 is 0.818 bits per heavy atom. The number of rotatable bonds is 4. The molecular formula is C10H23Li. The normalized spacial score (nSPS) is 7.64. The van der Waals surface area contributed by atoms with Crippen LogP contribution in [0.3, 0.4) is 0 Å². The van der Waals surface area contributed by atoms with Gasteiger partial charge in [0.2, 0.25) is 0 Å². The van der Waals surface area contributed by atoms with Gasteiger partial charge in [0.25, 0.3) is 0 Å². The smallest absolute Gasteiger partial charge is 0.343 e. The number of hydrogen-bond donors (Lipinski definition) is 0. The van der Waals surface area contributed by atoms with Crippen molar-refractivity contribution in [3.8, 4) is 0 Å². The summed E-state index contributed by atoms with van der Waals surface area (Å²) in [7, 11) is 0. The molecule has 0 rings (SSSR count). The minimum Gasteiger partial charge on any atom is -0.343 e. The van der Waals surface area contributed by atoms with Crippen molar-refractivity contribution in [2.24, 2.45) is 0 Å². The second-order valence-corrected chi connectivity index (χ2v) is 2.56. The fourth-order valence-corrected chi connectivity index (χ4v) is 0.604. The molecule has 0 amide bonds. The first-order chi connectivity index (χ1) is 4.83. The minimum absolute atomic E-state index is 0. The van der Waals surface area contributed by atoms with Gasteiger partial charge >= 0.3 is 18.9 Å². The fraction of sp³-hybridized carbons (Fsp3) is 0.900. The third-order valence-corrected chi connectivity index (χ3v) is 1.31. The predicted molar refractivity (Wildman–Crippen MR) is 50.1 cm³/mol. The fourth-order valence-electron chi connectivity index (χ4n) is 0.604. The van der Waals surface area contributed by atoms with E-state index in [1.807, 2.05) is 0 Å². The molecule has 0 spiro atoms. The van der Waals surface area contributed by atoms with E-state index < -0.39 is 0 Å². The maximum Gasteiger partial charge on any atom is 1.00 e. The van der Waals surface area contributed by atoms with Crippen molar-refractivity contribution in [2.75, 3.05) is 0 Å². The van der Waals surface area contributed by atoms with Crippen molar-refractivity contribution < 1.29 is 18.9 Å². The molecule has 0 aliphatic rings. The minimum atomic E-state index is 0. The van der Waals surface area contributed by atoms with Crippen LogP contribution in [0.15, 0.2) is 0 Å². The Bertz CT molecular complexity index is 25.9. The summed E-state index contributed by atoms with van der Waals surface area (Å²) in [5, 5.41) is 0. The van der Waals surface area contributed by atoms with Crippen LogP contribution >= 0.6 is 0 Å². The van der Waals surface area contributed by atoms with E-state index in [9.17, 15) is 0 Å². The first-order valence-electron chi connectivity index (χ1n) is 4.62. The van der Waals surface area contributed by atoms with Crippen LogP contribution in [0.1, 0.15) is 59.3 Å². The number of hydrogen-bond acceptors (Lipinski definition) is 0. The molecule has 0 aromatic rings. The van der Waals surface area contributed by atoms with Crippen molar-refractivity contribution in [1.29, 1.82) is 0 Å². The van der Waals surface area contributed by atoms with E-state index in [2.05, 4.69) is 27.7 Å². The van der Waals surface area contributed by atoms with E-state index in [1.165, 1.54) is 32.1 Å². The zero-order chi connectivity index (χ0) is 8.24. The summed E-state index contributed by atoms with van der Waals surface area (Å²) in [5.41, 5.74) is 0. The van der Waals surface area contributed by atoms with Gasteiger partial charge in [0.1, 0.15) is 0 Å². The molecule has 11 heavy (non-hydrogen) atoms. The summed E-state index contributed by atoms with van der Waals surface area (Å²) in [5.74, 6) is 0. The first-order valence-corrected chi connectivity index (χ1v) is 4.62. The van der Waals surface area contributed by atoms with Gasteiger partial charge in [0.05, 0.1) is 0 Å².